The molecule has 0 saturated heterocycles. The molecule has 3 heteroatoms. The molecule has 0 amide bonds. The normalized spacial score (nSPS) is 12.8. The van der Waals surface area contributed by atoms with Crippen molar-refractivity contribution in [1.29, 1.82) is 0 Å². The number of nitrogens with zero attached hydrogens (tertiary/aromatic N) is 1. The van der Waals surface area contributed by atoms with Gasteiger partial charge < -0.3 is 5.21 Å². The summed E-state index contributed by atoms with van der Waals surface area (Å²) in [4.78, 5) is 11.1. The highest BCUT2D eigenvalue weighted by molar-refractivity contribution is 6.47. The van der Waals surface area contributed by atoms with E-state index in [4.69, 9.17) is 5.21 Å². The molecule has 0 aliphatic carbocycles. The van der Waals surface area contributed by atoms with Crippen LogP contribution in [0.2, 0.25) is 0 Å². The Morgan fingerprint density at radius 2 is 2.25 bits per heavy atom. The predicted octanol–water partition coefficient (Wildman–Crippen LogP) is 1.93. The van der Waals surface area contributed by atoms with Crippen molar-refractivity contribution in [3.05, 3.63) is 24.3 Å². The first kappa shape index (κ1) is 10.6. The van der Waals surface area contributed by atoms with Gasteiger partial charge in [-0.3, -0.25) is 4.79 Å². The summed E-state index contributed by atoms with van der Waals surface area (Å²) in [5.41, 5.74) is 0.922. The Bertz CT molecular complexity index is 239. The van der Waals surface area contributed by atoms with Gasteiger partial charge in [-0.05, 0) is 25.5 Å². The van der Waals surface area contributed by atoms with Gasteiger partial charge in [0, 0.05) is 0 Å². The van der Waals surface area contributed by atoms with Crippen molar-refractivity contribution in [2.75, 3.05) is 0 Å². The van der Waals surface area contributed by atoms with Gasteiger partial charge in [-0.1, -0.05) is 24.2 Å². The largest absolute Gasteiger partial charge is 0.410 e. The minimum atomic E-state index is -0.313. The second-order valence-corrected chi connectivity index (χ2v) is 2.40. The summed E-state index contributed by atoms with van der Waals surface area (Å²) in [6, 6.07) is 0. The lowest BCUT2D eigenvalue weighted by Crippen LogP contribution is -2.08. The molecule has 66 valence electrons. The van der Waals surface area contributed by atoms with Gasteiger partial charge >= 0.3 is 0 Å². The van der Waals surface area contributed by atoms with Gasteiger partial charge in [-0.2, -0.15) is 0 Å². The van der Waals surface area contributed by atoms with Crippen LogP contribution in [-0.4, -0.2) is 16.7 Å². The van der Waals surface area contributed by atoms with Crippen LogP contribution >= 0.6 is 0 Å². The van der Waals surface area contributed by atoms with E-state index in [1.54, 1.807) is 0 Å². The molecule has 0 aromatic rings. The first-order valence-corrected chi connectivity index (χ1v) is 3.71. The number of carbonyl (C=O) groups is 1. The molecule has 3 nitrogen and oxygen atoms in total. The van der Waals surface area contributed by atoms with Crippen LogP contribution in [0.3, 0.4) is 0 Å². The SMILES string of the molecule is C=C/C(=N\O)C(=O)/C=C(\C)CC. The third-order valence-electron chi connectivity index (χ3n) is 1.49. The number of allylic oxidation sites excluding steroid dienone is 3. The zero-order valence-corrected chi connectivity index (χ0v) is 7.37. The molecule has 0 unspecified atom stereocenters. The average molecular weight is 167 g/mol. The van der Waals surface area contributed by atoms with Gasteiger partial charge in [0.15, 0.2) is 0 Å². The molecule has 0 rings (SSSR count). The van der Waals surface area contributed by atoms with E-state index in [9.17, 15) is 4.79 Å². The van der Waals surface area contributed by atoms with E-state index >= 15 is 0 Å². The molecule has 12 heavy (non-hydrogen) atoms. The predicted molar refractivity (Wildman–Crippen MR) is 48.5 cm³/mol. The summed E-state index contributed by atoms with van der Waals surface area (Å²) < 4.78 is 0. The number of rotatable bonds is 4. The molecule has 0 atom stereocenters. The van der Waals surface area contributed by atoms with Crippen molar-refractivity contribution in [3.8, 4) is 0 Å². The molecule has 0 heterocycles. The molecule has 0 bridgehead atoms. The first-order chi connectivity index (χ1) is 5.65. The second-order valence-electron chi connectivity index (χ2n) is 2.40. The van der Waals surface area contributed by atoms with Gasteiger partial charge in [0.2, 0.25) is 5.78 Å². The zero-order valence-electron chi connectivity index (χ0n) is 7.37. The molecule has 0 fully saturated rings. The maximum atomic E-state index is 11.1. The molecule has 0 saturated carbocycles. The third-order valence-corrected chi connectivity index (χ3v) is 1.49. The van der Waals surface area contributed by atoms with Crippen LogP contribution in [0.1, 0.15) is 20.3 Å². The molecule has 0 aromatic heterocycles. The lowest BCUT2D eigenvalue weighted by atomic mass is 10.1. The Morgan fingerprint density at radius 3 is 2.58 bits per heavy atom. The van der Waals surface area contributed by atoms with E-state index in [1.807, 2.05) is 13.8 Å². The fraction of sp³-hybridized carbons (Fsp3) is 0.333. The van der Waals surface area contributed by atoms with E-state index in [1.165, 1.54) is 12.2 Å². The van der Waals surface area contributed by atoms with E-state index in [0.717, 1.165) is 12.0 Å². The van der Waals surface area contributed by atoms with E-state index < -0.39 is 0 Å². The lowest BCUT2D eigenvalue weighted by molar-refractivity contribution is -0.109. The van der Waals surface area contributed by atoms with Crippen molar-refractivity contribution in [3.63, 3.8) is 0 Å². The van der Waals surface area contributed by atoms with Crippen LogP contribution in [-0.2, 0) is 4.79 Å². The van der Waals surface area contributed by atoms with Crippen molar-refractivity contribution >= 4 is 11.5 Å². The molecule has 0 aliphatic rings. The van der Waals surface area contributed by atoms with Gasteiger partial charge in [-0.25, -0.2) is 0 Å². The number of hydrogen-bond acceptors (Lipinski definition) is 3. The Labute approximate surface area is 72.1 Å². The van der Waals surface area contributed by atoms with Gasteiger partial charge in [-0.15, -0.1) is 0 Å². The molecule has 0 aromatic carbocycles. The highest BCUT2D eigenvalue weighted by Gasteiger charge is 2.04. The Kier molecular flexibility index (Phi) is 4.69. The molecular weight excluding hydrogens is 154 g/mol. The van der Waals surface area contributed by atoms with Crippen LogP contribution in [0.5, 0.6) is 0 Å². The maximum Gasteiger partial charge on any atom is 0.207 e. The fourth-order valence-corrected chi connectivity index (χ4v) is 0.590. The fourth-order valence-electron chi connectivity index (χ4n) is 0.590. The second kappa shape index (κ2) is 5.29. The molecule has 0 aliphatic heterocycles. The Morgan fingerprint density at radius 1 is 1.67 bits per heavy atom. The van der Waals surface area contributed by atoms with Crippen LogP contribution < -0.4 is 0 Å². The highest BCUT2D eigenvalue weighted by atomic mass is 16.4. The summed E-state index contributed by atoms with van der Waals surface area (Å²) in [7, 11) is 0. The minimum absolute atomic E-state index is 0.0252. The van der Waals surface area contributed by atoms with Crippen LogP contribution in [0.4, 0.5) is 0 Å². The van der Waals surface area contributed by atoms with Crippen LogP contribution in [0, 0.1) is 0 Å². The average Bonchev–Trinajstić information content (AvgIpc) is 2.06. The summed E-state index contributed by atoms with van der Waals surface area (Å²) in [5.74, 6) is -0.313. The summed E-state index contributed by atoms with van der Waals surface area (Å²) in [5, 5.41) is 11.1. The molecule has 1 N–H and O–H groups in total. The van der Waals surface area contributed by atoms with Crippen molar-refractivity contribution in [1.82, 2.24) is 0 Å². The van der Waals surface area contributed by atoms with E-state index in [-0.39, 0.29) is 11.5 Å². The number of hydrogen-bond donors (Lipinski definition) is 1. The van der Waals surface area contributed by atoms with E-state index in [2.05, 4.69) is 11.7 Å². The maximum absolute atomic E-state index is 11.1. The van der Waals surface area contributed by atoms with Gasteiger partial charge in [0.25, 0.3) is 0 Å². The third kappa shape index (κ3) is 3.14. The zero-order chi connectivity index (χ0) is 9.56. The van der Waals surface area contributed by atoms with Crippen molar-refractivity contribution in [2.24, 2.45) is 5.16 Å². The Hall–Kier alpha value is -1.38. The van der Waals surface area contributed by atoms with Crippen LogP contribution in [0.15, 0.2) is 29.5 Å². The number of ketones is 1. The number of oxime groups is 1. The number of carbonyl (C=O) groups excluding carboxylic acids is 1. The van der Waals surface area contributed by atoms with Crippen LogP contribution in [0.25, 0.3) is 0 Å². The van der Waals surface area contributed by atoms with Gasteiger partial charge in [0.1, 0.15) is 5.71 Å². The van der Waals surface area contributed by atoms with E-state index in [0.29, 0.717) is 0 Å². The summed E-state index contributed by atoms with van der Waals surface area (Å²) >= 11 is 0. The highest BCUT2D eigenvalue weighted by Crippen LogP contribution is 1.98. The summed E-state index contributed by atoms with van der Waals surface area (Å²) in [6.07, 6.45) is 3.47. The topological polar surface area (TPSA) is 49.7 Å². The van der Waals surface area contributed by atoms with Gasteiger partial charge in [0.05, 0.1) is 0 Å². The quantitative estimate of drug-likeness (QED) is 0.301. The smallest absolute Gasteiger partial charge is 0.207 e. The molecule has 0 radical (unpaired) electrons. The Balaban J connectivity index is 4.51. The minimum Gasteiger partial charge on any atom is -0.410 e. The first-order valence-electron chi connectivity index (χ1n) is 3.71. The lowest BCUT2D eigenvalue weighted by Gasteiger charge is -1.94. The molecule has 0 spiro atoms. The standard InChI is InChI=1S/C9H13NO2/c1-4-7(3)6-9(11)8(5-2)10-12/h5-6,12H,2,4H2,1,3H3/b7-6+,10-8+. The van der Waals surface area contributed by atoms with Crippen molar-refractivity contribution < 1.29 is 10.0 Å². The summed E-state index contributed by atoms with van der Waals surface area (Å²) in [6.45, 7) is 7.14. The van der Waals surface area contributed by atoms with Crippen molar-refractivity contribution in [2.45, 2.75) is 20.3 Å². The monoisotopic (exact) mass is 167 g/mol. The molecular formula is C9H13NO2.